The molecule has 0 aliphatic rings. The van der Waals surface area contributed by atoms with Gasteiger partial charge < -0.3 is 0 Å². The van der Waals surface area contributed by atoms with E-state index in [1.807, 2.05) is 0 Å². The van der Waals surface area contributed by atoms with Crippen LogP contribution in [0.2, 0.25) is 5.82 Å². The molecule has 0 aromatic rings. The van der Waals surface area contributed by atoms with Crippen LogP contribution in [0.25, 0.3) is 0 Å². The molecule has 0 amide bonds. The van der Waals surface area contributed by atoms with Gasteiger partial charge in [0, 0.05) is 0 Å². The summed E-state index contributed by atoms with van der Waals surface area (Å²) >= 11 is 2.09. The predicted octanol–water partition coefficient (Wildman–Crippen LogP) is 3.09. The average molecular weight is 158 g/mol. The van der Waals surface area contributed by atoms with Crippen molar-refractivity contribution in [1.82, 2.24) is 0 Å². The molecule has 0 nitrogen and oxygen atoms in total. The van der Waals surface area contributed by atoms with Gasteiger partial charge in [-0.05, 0) is 11.2 Å². The van der Waals surface area contributed by atoms with E-state index in [0.717, 1.165) is 5.82 Å². The molecule has 0 radical (unpaired) electrons. The van der Waals surface area contributed by atoms with Gasteiger partial charge in [-0.25, -0.2) is 11.6 Å². The normalized spacial score (nSPS) is 12.2. The zero-order valence-corrected chi connectivity index (χ0v) is 8.72. The Kier molecular flexibility index (Phi) is 4.50. The molecule has 0 heterocycles. The SMILES string of the molecule is CCC(C)(C)SBC(C)C. The Hall–Kier alpha value is 0.415. The molecular formula is C8H19BS. The van der Waals surface area contributed by atoms with Crippen LogP contribution < -0.4 is 0 Å². The van der Waals surface area contributed by atoms with Crippen LogP contribution >= 0.6 is 11.6 Å². The lowest BCUT2D eigenvalue weighted by Gasteiger charge is -2.22. The van der Waals surface area contributed by atoms with E-state index in [4.69, 9.17) is 0 Å². The van der Waals surface area contributed by atoms with Gasteiger partial charge >= 0.3 is 0 Å². The standard InChI is InChI=1S/C8H19BS/c1-6-8(4,5)10-9-7(2)3/h7,9H,6H2,1-5H3. The van der Waals surface area contributed by atoms with Crippen LogP contribution in [0.15, 0.2) is 0 Å². The van der Waals surface area contributed by atoms with Crippen LogP contribution in [0.4, 0.5) is 0 Å². The first-order chi connectivity index (χ1) is 4.48. The van der Waals surface area contributed by atoms with Gasteiger partial charge in [0.2, 0.25) is 0 Å². The highest BCUT2D eigenvalue weighted by molar-refractivity contribution is 8.23. The Morgan fingerprint density at radius 2 is 1.90 bits per heavy atom. The first kappa shape index (κ1) is 10.4. The molecule has 0 bridgehead atoms. The molecule has 0 fully saturated rings. The minimum Gasteiger partial charge on any atom is -0.208 e. The minimum atomic E-state index is 0.490. The average Bonchev–Trinajstić information content (AvgIpc) is 1.85. The summed E-state index contributed by atoms with van der Waals surface area (Å²) in [7, 11) is 0. The summed E-state index contributed by atoms with van der Waals surface area (Å²) in [5.74, 6) is 0.829. The molecule has 0 saturated carbocycles. The molecule has 2 heteroatoms. The number of hydrogen-bond donors (Lipinski definition) is 0. The van der Waals surface area contributed by atoms with Gasteiger partial charge in [0.05, 0.1) is 0 Å². The van der Waals surface area contributed by atoms with Crippen molar-refractivity contribution < 1.29 is 0 Å². The Morgan fingerprint density at radius 3 is 2.20 bits per heavy atom. The summed E-state index contributed by atoms with van der Waals surface area (Å²) in [5.41, 5.74) is 0. The summed E-state index contributed by atoms with van der Waals surface area (Å²) in [4.78, 5) is 0. The topological polar surface area (TPSA) is 0 Å². The summed E-state index contributed by atoms with van der Waals surface area (Å²) < 4.78 is 0.490. The zero-order chi connectivity index (χ0) is 8.20. The van der Waals surface area contributed by atoms with Gasteiger partial charge in [-0.2, -0.15) is 0 Å². The molecule has 0 aromatic heterocycles. The Morgan fingerprint density at radius 1 is 1.40 bits per heavy atom. The highest BCUT2D eigenvalue weighted by Gasteiger charge is 2.15. The summed E-state index contributed by atoms with van der Waals surface area (Å²) in [5, 5.41) is 0. The number of hydrogen-bond acceptors (Lipinski definition) is 1. The maximum atomic E-state index is 2.32. The van der Waals surface area contributed by atoms with Crippen molar-refractivity contribution in [3.05, 3.63) is 0 Å². The van der Waals surface area contributed by atoms with Gasteiger partial charge in [0.25, 0.3) is 0 Å². The molecule has 0 unspecified atom stereocenters. The lowest BCUT2D eigenvalue weighted by molar-refractivity contribution is 0.689. The minimum absolute atomic E-state index is 0.490. The fourth-order valence-corrected chi connectivity index (χ4v) is 1.48. The first-order valence-electron chi connectivity index (χ1n) is 4.12. The van der Waals surface area contributed by atoms with E-state index in [1.54, 1.807) is 0 Å². The second kappa shape index (κ2) is 4.33. The Balaban J connectivity index is 3.46. The van der Waals surface area contributed by atoms with Crippen molar-refractivity contribution in [3.8, 4) is 0 Å². The fourth-order valence-electron chi connectivity index (χ4n) is 0.494. The smallest absolute Gasteiger partial charge is 0.195 e. The third-order valence-corrected chi connectivity index (χ3v) is 3.56. The molecule has 0 aliphatic heterocycles. The van der Waals surface area contributed by atoms with Gasteiger partial charge in [-0.3, -0.25) is 0 Å². The van der Waals surface area contributed by atoms with E-state index >= 15 is 0 Å². The van der Waals surface area contributed by atoms with Crippen molar-refractivity contribution in [2.75, 3.05) is 0 Å². The van der Waals surface area contributed by atoms with Crippen molar-refractivity contribution in [2.45, 2.75) is 51.6 Å². The molecular weight excluding hydrogens is 139 g/mol. The third kappa shape index (κ3) is 5.22. The molecule has 0 N–H and O–H groups in total. The monoisotopic (exact) mass is 158 g/mol. The fraction of sp³-hybridized carbons (Fsp3) is 1.00. The maximum absolute atomic E-state index is 2.32. The third-order valence-electron chi connectivity index (χ3n) is 1.66. The zero-order valence-electron chi connectivity index (χ0n) is 7.90. The van der Waals surface area contributed by atoms with E-state index in [-0.39, 0.29) is 0 Å². The molecule has 0 atom stereocenters. The van der Waals surface area contributed by atoms with Gasteiger partial charge in [-0.15, -0.1) is 0 Å². The van der Waals surface area contributed by atoms with Gasteiger partial charge in [0.15, 0.2) is 6.56 Å². The van der Waals surface area contributed by atoms with E-state index in [1.165, 1.54) is 13.0 Å². The lowest BCUT2D eigenvalue weighted by atomic mass is 9.90. The van der Waals surface area contributed by atoms with Gasteiger partial charge in [0.1, 0.15) is 0 Å². The van der Waals surface area contributed by atoms with Crippen molar-refractivity contribution in [3.63, 3.8) is 0 Å². The lowest BCUT2D eigenvalue weighted by Crippen LogP contribution is -2.15. The number of rotatable bonds is 4. The molecule has 0 saturated heterocycles. The highest BCUT2D eigenvalue weighted by Crippen LogP contribution is 2.28. The van der Waals surface area contributed by atoms with Crippen LogP contribution in [-0.4, -0.2) is 11.3 Å². The van der Waals surface area contributed by atoms with Crippen LogP contribution in [0.1, 0.15) is 41.0 Å². The molecule has 0 aromatic carbocycles. The van der Waals surface area contributed by atoms with Crippen LogP contribution in [-0.2, 0) is 0 Å². The van der Waals surface area contributed by atoms with E-state index < -0.39 is 0 Å². The van der Waals surface area contributed by atoms with Crippen LogP contribution in [0, 0.1) is 0 Å². The van der Waals surface area contributed by atoms with Crippen molar-refractivity contribution >= 4 is 18.2 Å². The predicted molar refractivity (Wildman–Crippen MR) is 54.2 cm³/mol. The van der Waals surface area contributed by atoms with Gasteiger partial charge in [-0.1, -0.05) is 40.4 Å². The second-order valence-corrected chi connectivity index (χ2v) is 5.55. The molecule has 60 valence electrons. The second-order valence-electron chi connectivity index (χ2n) is 3.82. The summed E-state index contributed by atoms with van der Waals surface area (Å²) in [6.45, 7) is 12.7. The summed E-state index contributed by atoms with van der Waals surface area (Å²) in [6.07, 6.45) is 1.27. The van der Waals surface area contributed by atoms with Crippen LogP contribution in [0.5, 0.6) is 0 Å². The van der Waals surface area contributed by atoms with Crippen molar-refractivity contribution in [2.24, 2.45) is 0 Å². The van der Waals surface area contributed by atoms with Crippen LogP contribution in [0.3, 0.4) is 0 Å². The van der Waals surface area contributed by atoms with Crippen molar-refractivity contribution in [1.29, 1.82) is 0 Å². The molecule has 0 aliphatic carbocycles. The first-order valence-corrected chi connectivity index (χ1v) is 5.10. The van der Waals surface area contributed by atoms with E-state index in [9.17, 15) is 0 Å². The molecule has 0 rings (SSSR count). The summed E-state index contributed by atoms with van der Waals surface area (Å²) in [6, 6.07) is 0. The Bertz CT molecular complexity index is 89.3. The largest absolute Gasteiger partial charge is 0.208 e. The van der Waals surface area contributed by atoms with E-state index in [0.29, 0.717) is 4.75 Å². The highest BCUT2D eigenvalue weighted by atomic mass is 32.2. The molecule has 0 spiro atoms. The quantitative estimate of drug-likeness (QED) is 0.566. The maximum Gasteiger partial charge on any atom is 0.195 e. The Labute approximate surface area is 70.3 Å². The van der Waals surface area contributed by atoms with E-state index in [2.05, 4.69) is 46.2 Å². The molecule has 10 heavy (non-hydrogen) atoms.